The first-order chi connectivity index (χ1) is 8.86. The SMILES string of the molecule is Fc1ccccc1C1NCCC1c1ccccc1. The number of benzene rings is 2. The molecule has 0 aromatic heterocycles. The molecule has 2 atom stereocenters. The van der Waals surface area contributed by atoms with Crippen molar-refractivity contribution in [2.24, 2.45) is 0 Å². The van der Waals surface area contributed by atoms with E-state index >= 15 is 0 Å². The van der Waals surface area contributed by atoms with E-state index in [4.69, 9.17) is 0 Å². The Kier molecular flexibility index (Phi) is 3.11. The molecule has 1 aliphatic heterocycles. The molecule has 0 amide bonds. The predicted octanol–water partition coefficient (Wildman–Crippen LogP) is 3.64. The zero-order chi connectivity index (χ0) is 12.4. The summed E-state index contributed by atoms with van der Waals surface area (Å²) in [6.07, 6.45) is 1.06. The zero-order valence-corrected chi connectivity index (χ0v) is 10.1. The third kappa shape index (κ3) is 2.04. The zero-order valence-electron chi connectivity index (χ0n) is 10.1. The van der Waals surface area contributed by atoms with Crippen molar-refractivity contribution in [2.45, 2.75) is 18.4 Å². The van der Waals surface area contributed by atoms with Crippen molar-refractivity contribution in [2.75, 3.05) is 6.54 Å². The first-order valence-corrected chi connectivity index (χ1v) is 6.39. The standard InChI is InChI=1S/C16H16FN/c17-15-9-5-4-8-14(15)16-13(10-11-18-16)12-6-2-1-3-7-12/h1-9,13,16,18H,10-11H2. The number of nitrogens with one attached hydrogen (secondary N) is 1. The quantitative estimate of drug-likeness (QED) is 0.846. The summed E-state index contributed by atoms with van der Waals surface area (Å²) in [6.45, 7) is 0.943. The number of hydrogen-bond donors (Lipinski definition) is 1. The van der Waals surface area contributed by atoms with Crippen molar-refractivity contribution in [3.63, 3.8) is 0 Å². The van der Waals surface area contributed by atoms with Crippen LogP contribution in [0.2, 0.25) is 0 Å². The van der Waals surface area contributed by atoms with Crippen molar-refractivity contribution in [3.05, 3.63) is 71.5 Å². The Labute approximate surface area is 107 Å². The Morgan fingerprint density at radius 2 is 1.67 bits per heavy atom. The number of hydrogen-bond acceptors (Lipinski definition) is 1. The summed E-state index contributed by atoms with van der Waals surface area (Å²) >= 11 is 0. The monoisotopic (exact) mass is 241 g/mol. The molecule has 0 saturated carbocycles. The molecule has 0 radical (unpaired) electrons. The van der Waals surface area contributed by atoms with E-state index in [-0.39, 0.29) is 11.9 Å². The van der Waals surface area contributed by atoms with Crippen molar-refractivity contribution >= 4 is 0 Å². The molecule has 2 aromatic rings. The normalized spacial score (nSPS) is 23.2. The fourth-order valence-electron chi connectivity index (χ4n) is 2.82. The summed E-state index contributed by atoms with van der Waals surface area (Å²) in [5, 5.41) is 3.42. The highest BCUT2D eigenvalue weighted by atomic mass is 19.1. The average Bonchev–Trinajstić information content (AvgIpc) is 2.89. The van der Waals surface area contributed by atoms with Crippen LogP contribution in [-0.4, -0.2) is 6.54 Å². The van der Waals surface area contributed by atoms with Crippen LogP contribution in [-0.2, 0) is 0 Å². The van der Waals surface area contributed by atoms with E-state index in [2.05, 4.69) is 17.4 Å². The smallest absolute Gasteiger partial charge is 0.128 e. The second-order valence-corrected chi connectivity index (χ2v) is 4.76. The maximum atomic E-state index is 13.9. The van der Waals surface area contributed by atoms with Gasteiger partial charge in [-0.25, -0.2) is 4.39 Å². The Hall–Kier alpha value is -1.67. The van der Waals surface area contributed by atoms with Gasteiger partial charge in [0, 0.05) is 17.5 Å². The van der Waals surface area contributed by atoms with Gasteiger partial charge in [-0.2, -0.15) is 0 Å². The highest BCUT2D eigenvalue weighted by Crippen LogP contribution is 2.38. The third-order valence-electron chi connectivity index (χ3n) is 3.69. The van der Waals surface area contributed by atoms with E-state index in [1.165, 1.54) is 11.6 Å². The summed E-state index contributed by atoms with van der Waals surface area (Å²) in [5.74, 6) is 0.251. The van der Waals surface area contributed by atoms with E-state index in [9.17, 15) is 4.39 Å². The van der Waals surface area contributed by atoms with E-state index in [1.54, 1.807) is 6.07 Å². The lowest BCUT2D eigenvalue weighted by molar-refractivity contribution is 0.526. The van der Waals surface area contributed by atoms with E-state index in [1.807, 2.05) is 30.3 Å². The lowest BCUT2D eigenvalue weighted by atomic mass is 9.88. The lowest BCUT2D eigenvalue weighted by Gasteiger charge is -2.20. The molecule has 1 heterocycles. The Balaban J connectivity index is 1.95. The van der Waals surface area contributed by atoms with Crippen LogP contribution in [0.1, 0.15) is 29.5 Å². The molecule has 1 saturated heterocycles. The molecule has 1 aliphatic rings. The summed E-state index contributed by atoms with van der Waals surface area (Å²) in [5.41, 5.74) is 2.07. The molecular weight excluding hydrogens is 225 g/mol. The number of rotatable bonds is 2. The average molecular weight is 241 g/mol. The second kappa shape index (κ2) is 4.91. The molecule has 1 N–H and O–H groups in total. The fourth-order valence-corrected chi connectivity index (χ4v) is 2.82. The Bertz CT molecular complexity index is 524. The number of halogens is 1. The topological polar surface area (TPSA) is 12.0 Å². The minimum absolute atomic E-state index is 0.0913. The Morgan fingerprint density at radius 3 is 2.44 bits per heavy atom. The highest BCUT2D eigenvalue weighted by molar-refractivity contribution is 5.30. The molecule has 0 spiro atoms. The van der Waals surface area contributed by atoms with Crippen LogP contribution in [0.15, 0.2) is 54.6 Å². The van der Waals surface area contributed by atoms with Gasteiger partial charge in [-0.15, -0.1) is 0 Å². The van der Waals surface area contributed by atoms with Gasteiger partial charge in [-0.05, 0) is 24.6 Å². The molecule has 0 bridgehead atoms. The molecule has 1 nitrogen and oxygen atoms in total. The van der Waals surface area contributed by atoms with E-state index < -0.39 is 0 Å². The molecule has 92 valence electrons. The van der Waals surface area contributed by atoms with Gasteiger partial charge in [0.05, 0.1) is 0 Å². The molecule has 18 heavy (non-hydrogen) atoms. The minimum atomic E-state index is -0.113. The van der Waals surface area contributed by atoms with Crippen LogP contribution >= 0.6 is 0 Å². The van der Waals surface area contributed by atoms with Crippen molar-refractivity contribution < 1.29 is 4.39 Å². The van der Waals surface area contributed by atoms with Crippen molar-refractivity contribution in [1.82, 2.24) is 5.32 Å². The van der Waals surface area contributed by atoms with Crippen LogP contribution in [0.5, 0.6) is 0 Å². The summed E-state index contributed by atoms with van der Waals surface area (Å²) < 4.78 is 13.9. The highest BCUT2D eigenvalue weighted by Gasteiger charge is 2.30. The van der Waals surface area contributed by atoms with E-state index in [0.717, 1.165) is 18.5 Å². The van der Waals surface area contributed by atoms with Crippen LogP contribution in [0.4, 0.5) is 4.39 Å². The molecule has 2 heteroatoms. The molecule has 2 unspecified atom stereocenters. The predicted molar refractivity (Wildman–Crippen MR) is 70.9 cm³/mol. The summed E-state index contributed by atoms with van der Waals surface area (Å²) in [4.78, 5) is 0. The second-order valence-electron chi connectivity index (χ2n) is 4.76. The Morgan fingerprint density at radius 1 is 0.944 bits per heavy atom. The van der Waals surface area contributed by atoms with Gasteiger partial charge in [0.2, 0.25) is 0 Å². The van der Waals surface area contributed by atoms with Crippen molar-refractivity contribution in [3.8, 4) is 0 Å². The minimum Gasteiger partial charge on any atom is -0.309 e. The van der Waals surface area contributed by atoms with Gasteiger partial charge in [0.25, 0.3) is 0 Å². The molecule has 0 aliphatic carbocycles. The largest absolute Gasteiger partial charge is 0.309 e. The van der Waals surface area contributed by atoms with Crippen LogP contribution in [0.3, 0.4) is 0 Å². The third-order valence-corrected chi connectivity index (χ3v) is 3.69. The summed E-state index contributed by atoms with van der Waals surface area (Å²) in [6, 6.07) is 17.5. The fraction of sp³-hybridized carbons (Fsp3) is 0.250. The van der Waals surface area contributed by atoms with Gasteiger partial charge < -0.3 is 5.32 Å². The van der Waals surface area contributed by atoms with Gasteiger partial charge in [0.1, 0.15) is 5.82 Å². The van der Waals surface area contributed by atoms with Gasteiger partial charge in [0.15, 0.2) is 0 Å². The van der Waals surface area contributed by atoms with Gasteiger partial charge in [-0.3, -0.25) is 0 Å². The molecule has 2 aromatic carbocycles. The maximum Gasteiger partial charge on any atom is 0.128 e. The first-order valence-electron chi connectivity index (χ1n) is 6.39. The molecular formula is C16H16FN. The molecule has 3 rings (SSSR count). The van der Waals surface area contributed by atoms with E-state index in [0.29, 0.717) is 5.92 Å². The summed E-state index contributed by atoms with van der Waals surface area (Å²) in [7, 11) is 0. The lowest BCUT2D eigenvalue weighted by Crippen LogP contribution is -2.18. The first kappa shape index (κ1) is 11.4. The van der Waals surface area contributed by atoms with Crippen LogP contribution in [0, 0.1) is 5.82 Å². The van der Waals surface area contributed by atoms with Crippen LogP contribution in [0.25, 0.3) is 0 Å². The van der Waals surface area contributed by atoms with Crippen LogP contribution < -0.4 is 5.32 Å². The van der Waals surface area contributed by atoms with Gasteiger partial charge in [-0.1, -0.05) is 48.5 Å². The maximum absolute atomic E-state index is 13.9. The van der Waals surface area contributed by atoms with Gasteiger partial charge >= 0.3 is 0 Å². The van der Waals surface area contributed by atoms with Crippen molar-refractivity contribution in [1.29, 1.82) is 0 Å². The molecule has 1 fully saturated rings.